The summed E-state index contributed by atoms with van der Waals surface area (Å²) in [4.78, 5) is 11.8. The lowest BCUT2D eigenvalue weighted by atomic mass is 10.1. The van der Waals surface area contributed by atoms with Gasteiger partial charge < -0.3 is 14.6 Å². The standard InChI is InChI=1S/C28H44O4/c1-2-3-4-5-6-7-8-9-10-11-12-13-14-15-19-22-28(30)32-25-27(29)24-31-23-26-20-17-16-18-21-26/h6-7,9-10,16-18,20-21,27,29H,2-5,8,11-15,19,22-25H2,1H3/b7-6-,10-9-/t27-/m0/s1. The lowest BCUT2D eigenvalue weighted by molar-refractivity contribution is -0.148. The molecule has 0 aliphatic heterocycles. The number of carbonyl (C=O) groups is 1. The quantitative estimate of drug-likeness (QED) is 0.135. The molecule has 0 saturated heterocycles. The molecule has 1 rings (SSSR count). The summed E-state index contributed by atoms with van der Waals surface area (Å²) in [7, 11) is 0. The number of ether oxygens (including phenoxy) is 2. The van der Waals surface area contributed by atoms with Crippen LogP contribution in [0.4, 0.5) is 0 Å². The number of unbranched alkanes of at least 4 members (excludes halogenated alkanes) is 8. The maximum atomic E-state index is 11.8. The third-order valence-electron chi connectivity index (χ3n) is 5.19. The maximum Gasteiger partial charge on any atom is 0.305 e. The van der Waals surface area contributed by atoms with Gasteiger partial charge in [0.25, 0.3) is 0 Å². The second kappa shape index (κ2) is 21.0. The molecule has 0 aliphatic carbocycles. The van der Waals surface area contributed by atoms with Crippen LogP contribution in [0.2, 0.25) is 0 Å². The predicted octanol–water partition coefficient (Wildman–Crippen LogP) is 6.92. The molecule has 0 amide bonds. The molecule has 32 heavy (non-hydrogen) atoms. The lowest BCUT2D eigenvalue weighted by Crippen LogP contribution is -2.23. The molecular weight excluding hydrogens is 400 g/mol. The van der Waals surface area contributed by atoms with Crippen molar-refractivity contribution in [1.29, 1.82) is 0 Å². The molecule has 0 spiro atoms. The lowest BCUT2D eigenvalue weighted by Gasteiger charge is -2.12. The zero-order valence-electron chi connectivity index (χ0n) is 20.1. The van der Waals surface area contributed by atoms with Crippen molar-refractivity contribution in [3.05, 3.63) is 60.2 Å². The van der Waals surface area contributed by atoms with Crippen LogP contribution in [0.3, 0.4) is 0 Å². The van der Waals surface area contributed by atoms with E-state index in [0.29, 0.717) is 13.0 Å². The van der Waals surface area contributed by atoms with Gasteiger partial charge in [-0.1, -0.05) is 93.7 Å². The van der Waals surface area contributed by atoms with E-state index in [1.54, 1.807) is 0 Å². The van der Waals surface area contributed by atoms with E-state index in [2.05, 4.69) is 31.2 Å². The number of aliphatic hydroxyl groups excluding tert-OH is 1. The third kappa shape index (κ3) is 17.7. The van der Waals surface area contributed by atoms with Crippen LogP contribution in [-0.4, -0.2) is 30.4 Å². The summed E-state index contributed by atoms with van der Waals surface area (Å²) in [6, 6.07) is 9.79. The van der Waals surface area contributed by atoms with Gasteiger partial charge in [-0.3, -0.25) is 4.79 Å². The molecule has 0 saturated carbocycles. The van der Waals surface area contributed by atoms with Crippen molar-refractivity contribution in [3.8, 4) is 0 Å². The molecule has 4 nitrogen and oxygen atoms in total. The molecule has 180 valence electrons. The van der Waals surface area contributed by atoms with E-state index in [0.717, 1.165) is 37.7 Å². The van der Waals surface area contributed by atoms with Crippen LogP contribution < -0.4 is 0 Å². The van der Waals surface area contributed by atoms with Gasteiger partial charge >= 0.3 is 5.97 Å². The molecule has 0 aliphatic rings. The van der Waals surface area contributed by atoms with Crippen molar-refractivity contribution in [1.82, 2.24) is 0 Å². The van der Waals surface area contributed by atoms with E-state index in [1.165, 1.54) is 38.5 Å². The number of carbonyl (C=O) groups excluding carboxylic acids is 1. The summed E-state index contributed by atoms with van der Waals surface area (Å²) in [5.74, 6) is -0.238. The van der Waals surface area contributed by atoms with Crippen LogP contribution in [0.1, 0.15) is 89.5 Å². The van der Waals surface area contributed by atoms with E-state index in [9.17, 15) is 9.90 Å². The maximum absolute atomic E-state index is 11.8. The highest BCUT2D eigenvalue weighted by Crippen LogP contribution is 2.09. The smallest absolute Gasteiger partial charge is 0.305 e. The van der Waals surface area contributed by atoms with E-state index in [1.807, 2.05) is 30.3 Å². The Morgan fingerprint density at radius 2 is 1.53 bits per heavy atom. The van der Waals surface area contributed by atoms with E-state index in [-0.39, 0.29) is 19.2 Å². The minimum atomic E-state index is -0.785. The Morgan fingerprint density at radius 1 is 0.875 bits per heavy atom. The van der Waals surface area contributed by atoms with Gasteiger partial charge in [0, 0.05) is 6.42 Å². The van der Waals surface area contributed by atoms with Crippen molar-refractivity contribution >= 4 is 5.97 Å². The minimum Gasteiger partial charge on any atom is -0.463 e. The molecular formula is C28H44O4. The predicted molar refractivity (Wildman–Crippen MR) is 132 cm³/mol. The van der Waals surface area contributed by atoms with Gasteiger partial charge in [0.1, 0.15) is 12.7 Å². The summed E-state index contributed by atoms with van der Waals surface area (Å²) in [5.41, 5.74) is 1.05. The highest BCUT2D eigenvalue weighted by Gasteiger charge is 2.09. The van der Waals surface area contributed by atoms with Crippen LogP contribution in [0.5, 0.6) is 0 Å². The Kier molecular flexibility index (Phi) is 18.4. The summed E-state index contributed by atoms with van der Waals surface area (Å²) in [5, 5.41) is 9.87. The van der Waals surface area contributed by atoms with Gasteiger partial charge in [0.05, 0.1) is 13.2 Å². The first-order chi connectivity index (χ1) is 15.7. The number of rotatable bonds is 20. The Balaban J connectivity index is 1.87. The molecule has 0 fully saturated rings. The Bertz CT molecular complexity index is 609. The van der Waals surface area contributed by atoms with E-state index < -0.39 is 6.10 Å². The molecule has 0 unspecified atom stereocenters. The number of hydrogen-bond acceptors (Lipinski definition) is 4. The zero-order valence-corrected chi connectivity index (χ0v) is 20.1. The fourth-order valence-electron chi connectivity index (χ4n) is 3.28. The SMILES string of the molecule is CCCCC/C=C\C/C=C\CCCCCCCC(=O)OC[C@@H](O)COCc1ccccc1. The van der Waals surface area contributed by atoms with E-state index >= 15 is 0 Å². The second-order valence-electron chi connectivity index (χ2n) is 8.32. The molecule has 1 N–H and O–H groups in total. The zero-order chi connectivity index (χ0) is 23.1. The molecule has 4 heteroatoms. The van der Waals surface area contributed by atoms with Crippen LogP contribution in [0.25, 0.3) is 0 Å². The molecule has 0 radical (unpaired) electrons. The van der Waals surface area contributed by atoms with Crippen LogP contribution >= 0.6 is 0 Å². The number of allylic oxidation sites excluding steroid dienone is 4. The first-order valence-corrected chi connectivity index (χ1v) is 12.5. The van der Waals surface area contributed by atoms with Gasteiger partial charge in [-0.05, 0) is 44.1 Å². The van der Waals surface area contributed by atoms with Crippen LogP contribution in [0, 0.1) is 0 Å². The Hall–Kier alpha value is -1.91. The van der Waals surface area contributed by atoms with Gasteiger partial charge in [0.2, 0.25) is 0 Å². The number of aliphatic hydroxyl groups is 1. The fourth-order valence-corrected chi connectivity index (χ4v) is 3.28. The average Bonchev–Trinajstić information content (AvgIpc) is 2.81. The fraction of sp³-hybridized carbons (Fsp3) is 0.607. The van der Waals surface area contributed by atoms with Gasteiger partial charge in [-0.2, -0.15) is 0 Å². The largest absolute Gasteiger partial charge is 0.463 e. The second-order valence-corrected chi connectivity index (χ2v) is 8.32. The Morgan fingerprint density at radius 3 is 2.25 bits per heavy atom. The molecule has 1 aromatic rings. The molecule has 1 aromatic carbocycles. The number of hydrogen-bond donors (Lipinski definition) is 1. The molecule has 0 heterocycles. The Labute approximate surface area is 195 Å². The highest BCUT2D eigenvalue weighted by molar-refractivity contribution is 5.69. The normalized spacial score (nSPS) is 12.6. The topological polar surface area (TPSA) is 55.8 Å². The third-order valence-corrected chi connectivity index (χ3v) is 5.19. The molecule has 0 aromatic heterocycles. The monoisotopic (exact) mass is 444 g/mol. The minimum absolute atomic E-state index is 0.00607. The number of esters is 1. The van der Waals surface area contributed by atoms with Crippen LogP contribution in [-0.2, 0) is 20.9 Å². The number of benzene rings is 1. The van der Waals surface area contributed by atoms with Crippen molar-refractivity contribution in [2.24, 2.45) is 0 Å². The molecule has 0 bridgehead atoms. The summed E-state index contributed by atoms with van der Waals surface area (Å²) >= 11 is 0. The van der Waals surface area contributed by atoms with Gasteiger partial charge in [0.15, 0.2) is 0 Å². The van der Waals surface area contributed by atoms with Crippen LogP contribution in [0.15, 0.2) is 54.6 Å². The van der Waals surface area contributed by atoms with Crippen molar-refractivity contribution < 1.29 is 19.4 Å². The highest BCUT2D eigenvalue weighted by atomic mass is 16.5. The summed E-state index contributed by atoms with van der Waals surface area (Å²) in [6.45, 7) is 2.83. The summed E-state index contributed by atoms with van der Waals surface area (Å²) < 4.78 is 10.6. The average molecular weight is 445 g/mol. The summed E-state index contributed by atoms with van der Waals surface area (Å²) in [6.07, 6.45) is 21.5. The van der Waals surface area contributed by atoms with Crippen molar-refractivity contribution in [2.45, 2.75) is 96.7 Å². The van der Waals surface area contributed by atoms with Gasteiger partial charge in [-0.15, -0.1) is 0 Å². The first kappa shape index (κ1) is 28.1. The van der Waals surface area contributed by atoms with E-state index in [4.69, 9.17) is 9.47 Å². The molecule has 1 atom stereocenters. The first-order valence-electron chi connectivity index (χ1n) is 12.5. The van der Waals surface area contributed by atoms with Crippen molar-refractivity contribution in [2.75, 3.05) is 13.2 Å². The van der Waals surface area contributed by atoms with Crippen molar-refractivity contribution in [3.63, 3.8) is 0 Å². The van der Waals surface area contributed by atoms with Gasteiger partial charge in [-0.25, -0.2) is 0 Å².